The topological polar surface area (TPSA) is 29.3 Å². The molecule has 0 atom stereocenters. The maximum Gasteiger partial charge on any atom is 0.0314 e. The summed E-state index contributed by atoms with van der Waals surface area (Å²) in [6.07, 6.45) is 0. The predicted octanol–water partition coefficient (Wildman–Crippen LogP) is 2.67. The highest BCUT2D eigenvalue weighted by atomic mass is 15.1. The third-order valence-corrected chi connectivity index (χ3v) is 2.33. The van der Waals surface area contributed by atoms with Crippen molar-refractivity contribution >= 4 is 5.69 Å². The lowest BCUT2D eigenvalue weighted by Gasteiger charge is -2.20. The van der Waals surface area contributed by atoms with Crippen LogP contribution in [0, 0.1) is 0 Å². The fraction of sp³-hybridized carbons (Fsp3) is 0.385. The summed E-state index contributed by atoms with van der Waals surface area (Å²) in [5, 5.41) is 0. The average molecular weight is 204 g/mol. The zero-order chi connectivity index (χ0) is 11.3. The molecule has 1 aromatic carbocycles. The van der Waals surface area contributed by atoms with Gasteiger partial charge >= 0.3 is 0 Å². The van der Waals surface area contributed by atoms with E-state index < -0.39 is 0 Å². The second-order valence-corrected chi connectivity index (χ2v) is 4.00. The lowest BCUT2D eigenvalue weighted by atomic mass is 10.2. The van der Waals surface area contributed by atoms with Crippen molar-refractivity contribution in [2.24, 2.45) is 0 Å². The molecule has 0 unspecified atom stereocenters. The van der Waals surface area contributed by atoms with Crippen LogP contribution in [0.1, 0.15) is 19.4 Å². The number of likely N-dealkylation sites (N-methyl/N-ethyl adjacent to an activating group) is 1. The van der Waals surface area contributed by atoms with Gasteiger partial charge < -0.3 is 5.73 Å². The summed E-state index contributed by atoms with van der Waals surface area (Å²) in [4.78, 5) is 2.36. The maximum absolute atomic E-state index is 5.64. The van der Waals surface area contributed by atoms with Gasteiger partial charge in [0.2, 0.25) is 0 Å². The Morgan fingerprint density at radius 3 is 2.40 bits per heavy atom. The van der Waals surface area contributed by atoms with Crippen molar-refractivity contribution in [3.8, 4) is 0 Å². The second kappa shape index (κ2) is 5.56. The van der Waals surface area contributed by atoms with Crippen molar-refractivity contribution in [2.75, 3.05) is 18.8 Å². The molecule has 2 nitrogen and oxygen atoms in total. The van der Waals surface area contributed by atoms with E-state index in [1.54, 1.807) is 0 Å². The van der Waals surface area contributed by atoms with E-state index in [0.717, 1.165) is 25.3 Å². The van der Waals surface area contributed by atoms with E-state index in [9.17, 15) is 0 Å². The minimum absolute atomic E-state index is 0.821. The first kappa shape index (κ1) is 11.8. The van der Waals surface area contributed by atoms with Gasteiger partial charge in [-0.25, -0.2) is 0 Å². The predicted molar refractivity (Wildman–Crippen MR) is 66.6 cm³/mol. The van der Waals surface area contributed by atoms with Crippen molar-refractivity contribution in [3.63, 3.8) is 0 Å². The van der Waals surface area contributed by atoms with Crippen LogP contribution < -0.4 is 5.73 Å². The molecule has 1 rings (SSSR count). The van der Waals surface area contributed by atoms with Crippen molar-refractivity contribution in [1.29, 1.82) is 0 Å². The lowest BCUT2D eigenvalue weighted by molar-refractivity contribution is 0.304. The van der Waals surface area contributed by atoms with Gasteiger partial charge in [0.15, 0.2) is 0 Å². The molecule has 0 aromatic heterocycles. The Morgan fingerprint density at radius 2 is 1.93 bits per heavy atom. The molecule has 2 heteroatoms. The molecule has 0 fully saturated rings. The van der Waals surface area contributed by atoms with Crippen LogP contribution in [0.15, 0.2) is 36.4 Å². The number of nitrogens with two attached hydrogens (primary N) is 1. The number of rotatable bonds is 5. The summed E-state index contributed by atoms with van der Waals surface area (Å²) in [6, 6.07) is 8.06. The van der Waals surface area contributed by atoms with Crippen LogP contribution in [0.2, 0.25) is 0 Å². The van der Waals surface area contributed by atoms with Gasteiger partial charge in [-0.15, -0.1) is 0 Å². The van der Waals surface area contributed by atoms with Gasteiger partial charge in [-0.05, 0) is 31.2 Å². The minimum atomic E-state index is 0.821. The Labute approximate surface area is 92.4 Å². The number of nitrogen functional groups attached to an aromatic ring is 1. The molecule has 0 aliphatic heterocycles. The van der Waals surface area contributed by atoms with E-state index in [2.05, 4.69) is 37.5 Å². The SMILES string of the molecule is C=C(C)CN(CC)Cc1ccc(N)cc1. The Kier molecular flexibility index (Phi) is 4.37. The number of nitrogens with zero attached hydrogens (tertiary/aromatic N) is 1. The monoisotopic (exact) mass is 204 g/mol. The van der Waals surface area contributed by atoms with Gasteiger partial charge in [0, 0.05) is 18.8 Å². The van der Waals surface area contributed by atoms with Gasteiger partial charge in [0.25, 0.3) is 0 Å². The molecule has 0 bridgehead atoms. The molecule has 0 radical (unpaired) electrons. The van der Waals surface area contributed by atoms with E-state index in [4.69, 9.17) is 5.73 Å². The van der Waals surface area contributed by atoms with Crippen LogP contribution in [0.25, 0.3) is 0 Å². The Hall–Kier alpha value is -1.28. The smallest absolute Gasteiger partial charge is 0.0314 e. The zero-order valence-electron chi connectivity index (χ0n) is 9.66. The molecule has 0 spiro atoms. The average Bonchev–Trinajstić information content (AvgIpc) is 2.19. The molecule has 0 saturated carbocycles. The van der Waals surface area contributed by atoms with Crippen LogP contribution in [0.5, 0.6) is 0 Å². The van der Waals surface area contributed by atoms with Crippen molar-refractivity contribution < 1.29 is 0 Å². The van der Waals surface area contributed by atoms with Crippen LogP contribution in [0.4, 0.5) is 5.69 Å². The Bertz CT molecular complexity index is 314. The first-order chi connectivity index (χ1) is 7.11. The zero-order valence-corrected chi connectivity index (χ0v) is 9.66. The second-order valence-electron chi connectivity index (χ2n) is 4.00. The standard InChI is InChI=1S/C13H20N2/c1-4-15(9-11(2)3)10-12-5-7-13(14)8-6-12/h5-8H,2,4,9-10,14H2,1,3H3. The summed E-state index contributed by atoms with van der Waals surface area (Å²) in [7, 11) is 0. The highest BCUT2D eigenvalue weighted by Gasteiger charge is 2.03. The molecular weight excluding hydrogens is 184 g/mol. The molecule has 0 heterocycles. The third-order valence-electron chi connectivity index (χ3n) is 2.33. The van der Waals surface area contributed by atoms with Crippen LogP contribution in [0.3, 0.4) is 0 Å². The molecule has 0 aliphatic carbocycles. The number of benzene rings is 1. The summed E-state index contributed by atoms with van der Waals surface area (Å²) in [5.74, 6) is 0. The van der Waals surface area contributed by atoms with E-state index in [1.165, 1.54) is 11.1 Å². The summed E-state index contributed by atoms with van der Waals surface area (Å²) < 4.78 is 0. The normalized spacial score (nSPS) is 10.6. The van der Waals surface area contributed by atoms with Gasteiger partial charge in [-0.1, -0.05) is 31.2 Å². The maximum atomic E-state index is 5.64. The van der Waals surface area contributed by atoms with Gasteiger partial charge in [-0.3, -0.25) is 4.90 Å². The van der Waals surface area contributed by atoms with Crippen molar-refractivity contribution in [3.05, 3.63) is 42.0 Å². The summed E-state index contributed by atoms with van der Waals surface area (Å²) in [6.45, 7) is 11.1. The van der Waals surface area contributed by atoms with E-state index >= 15 is 0 Å². The Morgan fingerprint density at radius 1 is 1.33 bits per heavy atom. The number of hydrogen-bond donors (Lipinski definition) is 1. The van der Waals surface area contributed by atoms with Crippen LogP contribution >= 0.6 is 0 Å². The highest BCUT2D eigenvalue weighted by molar-refractivity contribution is 5.39. The molecule has 0 saturated heterocycles. The van der Waals surface area contributed by atoms with Crippen molar-refractivity contribution in [2.45, 2.75) is 20.4 Å². The lowest BCUT2D eigenvalue weighted by Crippen LogP contribution is -2.24. The van der Waals surface area contributed by atoms with Gasteiger partial charge in [-0.2, -0.15) is 0 Å². The minimum Gasteiger partial charge on any atom is -0.399 e. The molecular formula is C13H20N2. The quantitative estimate of drug-likeness (QED) is 0.590. The van der Waals surface area contributed by atoms with Gasteiger partial charge in [0.1, 0.15) is 0 Å². The number of anilines is 1. The van der Waals surface area contributed by atoms with E-state index in [-0.39, 0.29) is 0 Å². The first-order valence-corrected chi connectivity index (χ1v) is 5.33. The number of hydrogen-bond acceptors (Lipinski definition) is 2. The van der Waals surface area contributed by atoms with Crippen LogP contribution in [-0.4, -0.2) is 18.0 Å². The van der Waals surface area contributed by atoms with Crippen molar-refractivity contribution in [1.82, 2.24) is 4.90 Å². The fourth-order valence-electron chi connectivity index (χ4n) is 1.54. The molecule has 0 aliphatic rings. The fourth-order valence-corrected chi connectivity index (χ4v) is 1.54. The summed E-state index contributed by atoms with van der Waals surface area (Å²) in [5.41, 5.74) is 8.96. The van der Waals surface area contributed by atoms with Crippen LogP contribution in [-0.2, 0) is 6.54 Å². The van der Waals surface area contributed by atoms with Gasteiger partial charge in [0.05, 0.1) is 0 Å². The highest BCUT2D eigenvalue weighted by Crippen LogP contribution is 2.09. The molecule has 2 N–H and O–H groups in total. The molecule has 1 aromatic rings. The van der Waals surface area contributed by atoms with E-state index in [0.29, 0.717) is 0 Å². The first-order valence-electron chi connectivity index (χ1n) is 5.33. The third kappa shape index (κ3) is 4.17. The molecule has 82 valence electrons. The summed E-state index contributed by atoms with van der Waals surface area (Å²) >= 11 is 0. The van der Waals surface area contributed by atoms with E-state index in [1.807, 2.05) is 12.1 Å². The largest absolute Gasteiger partial charge is 0.399 e. The Balaban J connectivity index is 2.58. The molecule has 0 amide bonds. The molecule has 15 heavy (non-hydrogen) atoms.